The maximum Gasteiger partial charge on any atom is 0.344 e. The lowest BCUT2D eigenvalue weighted by molar-refractivity contribution is -0.145. The molecule has 1 fully saturated rings. The number of nitrogens with one attached hydrogen (secondary N) is 1. The van der Waals surface area contributed by atoms with Crippen molar-refractivity contribution in [2.24, 2.45) is 0 Å². The Labute approximate surface area is 202 Å². The summed E-state index contributed by atoms with van der Waals surface area (Å²) in [6.07, 6.45) is 1.28. The Morgan fingerprint density at radius 3 is 2.38 bits per heavy atom. The molecule has 11 heteroatoms. The molecule has 0 aliphatic carbocycles. The first-order valence-corrected chi connectivity index (χ1v) is 11.0. The molecule has 0 aromatic heterocycles. The van der Waals surface area contributed by atoms with Crippen molar-refractivity contribution in [1.82, 2.24) is 5.32 Å². The molecule has 9 nitrogen and oxygen atoms in total. The van der Waals surface area contributed by atoms with Gasteiger partial charge in [0, 0.05) is 4.47 Å². The third-order valence-corrected chi connectivity index (χ3v) is 5.19. The first-order valence-electron chi connectivity index (χ1n) is 10.2. The minimum Gasteiger partial charge on any atom is -0.490 e. The molecule has 3 rings (SSSR count). The SMILES string of the molecule is CCOC(=O)COc1cc(Br)c(/C=C2\C(=O)NC(=O)N(c3ccc(F)cc3)C2=O)cc1OCC. The van der Waals surface area contributed by atoms with Crippen LogP contribution in [-0.2, 0) is 19.1 Å². The number of esters is 1. The van der Waals surface area contributed by atoms with E-state index in [9.17, 15) is 23.6 Å². The van der Waals surface area contributed by atoms with Gasteiger partial charge in [0.25, 0.3) is 11.8 Å². The van der Waals surface area contributed by atoms with Crippen LogP contribution in [0.2, 0.25) is 0 Å². The molecule has 34 heavy (non-hydrogen) atoms. The van der Waals surface area contributed by atoms with E-state index in [1.807, 2.05) is 0 Å². The van der Waals surface area contributed by atoms with Crippen LogP contribution in [0.15, 0.2) is 46.4 Å². The number of urea groups is 1. The van der Waals surface area contributed by atoms with Gasteiger partial charge >= 0.3 is 12.0 Å². The smallest absolute Gasteiger partial charge is 0.344 e. The van der Waals surface area contributed by atoms with Crippen LogP contribution >= 0.6 is 15.9 Å². The third-order valence-electron chi connectivity index (χ3n) is 4.50. The number of rotatable bonds is 8. The van der Waals surface area contributed by atoms with Crippen molar-refractivity contribution in [3.63, 3.8) is 0 Å². The summed E-state index contributed by atoms with van der Waals surface area (Å²) in [5.74, 6) is -2.36. The Hall–Kier alpha value is -3.73. The largest absolute Gasteiger partial charge is 0.490 e. The monoisotopic (exact) mass is 534 g/mol. The zero-order valence-electron chi connectivity index (χ0n) is 18.2. The average molecular weight is 535 g/mol. The molecule has 0 unspecified atom stereocenters. The molecule has 1 heterocycles. The third kappa shape index (κ3) is 5.60. The summed E-state index contributed by atoms with van der Waals surface area (Å²) in [5, 5.41) is 2.10. The number of hydrogen-bond acceptors (Lipinski definition) is 7. The van der Waals surface area contributed by atoms with E-state index in [0.29, 0.717) is 10.0 Å². The molecule has 1 aliphatic rings. The fourth-order valence-corrected chi connectivity index (χ4v) is 3.46. The van der Waals surface area contributed by atoms with E-state index in [1.54, 1.807) is 13.8 Å². The molecule has 1 saturated heterocycles. The van der Waals surface area contributed by atoms with Crippen LogP contribution in [0.25, 0.3) is 6.08 Å². The Morgan fingerprint density at radius 1 is 1.06 bits per heavy atom. The highest BCUT2D eigenvalue weighted by atomic mass is 79.9. The van der Waals surface area contributed by atoms with E-state index in [-0.39, 0.29) is 42.6 Å². The fourth-order valence-electron chi connectivity index (χ4n) is 3.02. The Morgan fingerprint density at radius 2 is 1.74 bits per heavy atom. The normalized spacial score (nSPS) is 14.8. The molecule has 1 N–H and O–H groups in total. The number of hydrogen-bond donors (Lipinski definition) is 1. The summed E-state index contributed by atoms with van der Waals surface area (Å²) in [7, 11) is 0. The highest BCUT2D eigenvalue weighted by Crippen LogP contribution is 2.35. The zero-order chi connectivity index (χ0) is 24.8. The van der Waals surface area contributed by atoms with Gasteiger partial charge in [-0.05, 0) is 61.9 Å². The van der Waals surface area contributed by atoms with Crippen LogP contribution in [0.4, 0.5) is 14.9 Å². The number of carbonyl (C=O) groups is 4. The second-order valence-electron chi connectivity index (χ2n) is 6.78. The van der Waals surface area contributed by atoms with Crippen LogP contribution in [0, 0.1) is 5.82 Å². The molecule has 2 aromatic rings. The van der Waals surface area contributed by atoms with Crippen molar-refractivity contribution in [3.8, 4) is 11.5 Å². The molecular weight excluding hydrogens is 515 g/mol. The van der Waals surface area contributed by atoms with Gasteiger partial charge in [0.15, 0.2) is 18.1 Å². The molecule has 0 spiro atoms. The van der Waals surface area contributed by atoms with Gasteiger partial charge < -0.3 is 14.2 Å². The summed E-state index contributed by atoms with van der Waals surface area (Å²) in [4.78, 5) is 50.1. The number of nitrogens with zero attached hydrogens (tertiary/aromatic N) is 1. The molecule has 0 bridgehead atoms. The van der Waals surface area contributed by atoms with Gasteiger partial charge in [0.05, 0.1) is 18.9 Å². The average Bonchev–Trinajstić information content (AvgIpc) is 2.78. The zero-order valence-corrected chi connectivity index (χ0v) is 19.8. The van der Waals surface area contributed by atoms with E-state index in [0.717, 1.165) is 17.0 Å². The van der Waals surface area contributed by atoms with Crippen molar-refractivity contribution in [3.05, 3.63) is 57.8 Å². The summed E-state index contributed by atoms with van der Waals surface area (Å²) >= 11 is 3.36. The van der Waals surface area contributed by atoms with Crippen LogP contribution < -0.4 is 19.7 Å². The molecule has 2 aromatic carbocycles. The highest BCUT2D eigenvalue weighted by Gasteiger charge is 2.37. The van der Waals surface area contributed by atoms with Gasteiger partial charge in [-0.2, -0.15) is 0 Å². The number of ether oxygens (including phenoxy) is 3. The van der Waals surface area contributed by atoms with E-state index in [1.165, 1.54) is 30.3 Å². The molecule has 178 valence electrons. The van der Waals surface area contributed by atoms with E-state index in [2.05, 4.69) is 21.2 Å². The Balaban J connectivity index is 1.96. The second-order valence-corrected chi connectivity index (χ2v) is 7.64. The number of amides is 4. The molecule has 4 amide bonds. The predicted octanol–water partition coefficient (Wildman–Crippen LogP) is 3.60. The Kier molecular flexibility index (Phi) is 8.00. The number of barbiturate groups is 1. The maximum atomic E-state index is 13.3. The lowest BCUT2D eigenvalue weighted by Crippen LogP contribution is -2.54. The van der Waals surface area contributed by atoms with Crippen molar-refractivity contribution >= 4 is 51.5 Å². The van der Waals surface area contributed by atoms with Gasteiger partial charge in [0.1, 0.15) is 11.4 Å². The minimum atomic E-state index is -0.949. The number of halogens is 2. The molecule has 0 saturated carbocycles. The van der Waals surface area contributed by atoms with E-state index >= 15 is 0 Å². The standard InChI is InChI=1S/C23H20BrFN2O7/c1-3-32-18-10-13(17(24)11-19(18)34-12-20(28)33-4-2)9-16-21(29)26-23(31)27(22(16)30)15-7-5-14(25)6-8-15/h5-11H,3-4,12H2,1-2H3,(H,26,29,31)/b16-9+. The number of anilines is 1. The fraction of sp³-hybridized carbons (Fsp3) is 0.217. The van der Waals surface area contributed by atoms with Crippen molar-refractivity contribution in [2.45, 2.75) is 13.8 Å². The van der Waals surface area contributed by atoms with Gasteiger partial charge in [-0.25, -0.2) is 18.9 Å². The summed E-state index contributed by atoms with van der Waals surface area (Å²) in [6, 6.07) is 6.77. The molecule has 0 radical (unpaired) electrons. The molecule has 1 aliphatic heterocycles. The van der Waals surface area contributed by atoms with Crippen LogP contribution in [0.1, 0.15) is 19.4 Å². The van der Waals surface area contributed by atoms with Crippen LogP contribution in [-0.4, -0.2) is 43.6 Å². The molecular formula is C23H20BrFN2O7. The Bertz CT molecular complexity index is 1160. The minimum absolute atomic E-state index is 0.0964. The van der Waals surface area contributed by atoms with Crippen molar-refractivity contribution in [2.75, 3.05) is 24.7 Å². The van der Waals surface area contributed by atoms with Crippen molar-refractivity contribution in [1.29, 1.82) is 0 Å². The van der Waals surface area contributed by atoms with E-state index < -0.39 is 29.6 Å². The first kappa shape index (κ1) is 24.9. The topological polar surface area (TPSA) is 111 Å². The maximum absolute atomic E-state index is 13.3. The van der Waals surface area contributed by atoms with Crippen LogP contribution in [0.3, 0.4) is 0 Å². The lowest BCUT2D eigenvalue weighted by Gasteiger charge is -2.26. The summed E-state index contributed by atoms with van der Waals surface area (Å²) in [6.45, 7) is 3.58. The van der Waals surface area contributed by atoms with Gasteiger partial charge in [0.2, 0.25) is 0 Å². The second kappa shape index (κ2) is 10.9. The summed E-state index contributed by atoms with van der Waals surface area (Å²) in [5.41, 5.74) is 0.144. The van der Waals surface area contributed by atoms with Gasteiger partial charge in [-0.15, -0.1) is 0 Å². The lowest BCUT2D eigenvalue weighted by atomic mass is 10.1. The number of carbonyl (C=O) groups excluding carboxylic acids is 4. The van der Waals surface area contributed by atoms with Crippen LogP contribution in [0.5, 0.6) is 11.5 Å². The predicted molar refractivity (Wildman–Crippen MR) is 123 cm³/mol. The quantitative estimate of drug-likeness (QED) is 0.313. The summed E-state index contributed by atoms with van der Waals surface area (Å²) < 4.78 is 29.6. The van der Waals surface area contributed by atoms with Gasteiger partial charge in [-0.3, -0.25) is 14.9 Å². The highest BCUT2D eigenvalue weighted by molar-refractivity contribution is 9.10. The first-order chi connectivity index (χ1) is 16.2. The van der Waals surface area contributed by atoms with E-state index in [4.69, 9.17) is 14.2 Å². The van der Waals surface area contributed by atoms with Gasteiger partial charge in [-0.1, -0.05) is 15.9 Å². The van der Waals surface area contributed by atoms with Crippen molar-refractivity contribution < 1.29 is 37.8 Å². The molecule has 0 atom stereocenters. The number of imide groups is 2. The number of benzene rings is 2.